The molecule has 3 nitrogen and oxygen atoms in total. The van der Waals surface area contributed by atoms with Crippen LogP contribution in [0.2, 0.25) is 0 Å². The molecule has 0 spiro atoms. The Kier molecular flexibility index (Phi) is 2.56. The van der Waals surface area contributed by atoms with Gasteiger partial charge in [0.15, 0.2) is 0 Å². The summed E-state index contributed by atoms with van der Waals surface area (Å²) in [4.78, 5) is 9.18. The molecule has 2 aromatic heterocycles. The quantitative estimate of drug-likeness (QED) is 0.856. The zero-order chi connectivity index (χ0) is 11.9. The monoisotopic (exact) mass is 247 g/mol. The molecule has 1 aliphatic carbocycles. The molecule has 17 heavy (non-hydrogen) atoms. The van der Waals surface area contributed by atoms with Gasteiger partial charge >= 0.3 is 0 Å². The highest BCUT2D eigenvalue weighted by atomic mass is 32.1. The summed E-state index contributed by atoms with van der Waals surface area (Å²) >= 11 is 1.75. The average Bonchev–Trinajstić information content (AvgIpc) is 2.97. The summed E-state index contributed by atoms with van der Waals surface area (Å²) in [5.41, 5.74) is 8.57. The van der Waals surface area contributed by atoms with E-state index in [4.69, 9.17) is 5.73 Å². The van der Waals surface area contributed by atoms with Crippen molar-refractivity contribution in [3.8, 4) is 10.6 Å². The Hall–Kier alpha value is -1.13. The lowest BCUT2D eigenvalue weighted by molar-refractivity contribution is 0.436. The van der Waals surface area contributed by atoms with Gasteiger partial charge in [-0.25, -0.2) is 4.98 Å². The molecular weight excluding hydrogens is 230 g/mol. The molecule has 1 saturated carbocycles. The second-order valence-corrected chi connectivity index (χ2v) is 5.86. The Labute approximate surface area is 105 Å². The number of rotatable bonds is 2. The van der Waals surface area contributed by atoms with Crippen LogP contribution in [0.5, 0.6) is 0 Å². The van der Waals surface area contributed by atoms with Crippen LogP contribution in [0.15, 0.2) is 17.6 Å². The van der Waals surface area contributed by atoms with E-state index in [9.17, 15) is 0 Å². The highest BCUT2D eigenvalue weighted by molar-refractivity contribution is 7.13. The summed E-state index contributed by atoms with van der Waals surface area (Å²) in [6.07, 6.45) is 6.43. The summed E-state index contributed by atoms with van der Waals surface area (Å²) in [5, 5.41) is 2.11. The number of aryl methyl sites for hydroxylation is 1. The van der Waals surface area contributed by atoms with Crippen LogP contribution in [-0.2, 0) is 5.54 Å². The SMILES string of the molecule is Cc1ccsc1-c1cnc(C2(N)CCCC2)[nH]1. The third-order valence-corrected chi connectivity index (χ3v) is 4.70. The van der Waals surface area contributed by atoms with Crippen LogP contribution in [-0.4, -0.2) is 9.97 Å². The van der Waals surface area contributed by atoms with E-state index in [1.165, 1.54) is 23.3 Å². The average molecular weight is 247 g/mol. The fourth-order valence-electron chi connectivity index (χ4n) is 2.58. The highest BCUT2D eigenvalue weighted by Gasteiger charge is 2.34. The molecule has 2 aromatic rings. The van der Waals surface area contributed by atoms with Gasteiger partial charge in [-0.05, 0) is 36.8 Å². The largest absolute Gasteiger partial charge is 0.340 e. The van der Waals surface area contributed by atoms with Gasteiger partial charge in [0.2, 0.25) is 0 Å². The molecule has 0 bridgehead atoms. The van der Waals surface area contributed by atoms with Crippen molar-refractivity contribution < 1.29 is 0 Å². The number of nitrogens with zero attached hydrogens (tertiary/aromatic N) is 1. The van der Waals surface area contributed by atoms with Crippen molar-refractivity contribution in [2.45, 2.75) is 38.1 Å². The van der Waals surface area contributed by atoms with Crippen LogP contribution in [0.1, 0.15) is 37.1 Å². The number of hydrogen-bond donors (Lipinski definition) is 2. The predicted octanol–water partition coefficient (Wildman–Crippen LogP) is 3.17. The number of nitrogens with two attached hydrogens (primary N) is 1. The molecule has 0 aliphatic heterocycles. The van der Waals surface area contributed by atoms with Crippen LogP contribution in [0, 0.1) is 6.92 Å². The molecule has 0 saturated heterocycles. The van der Waals surface area contributed by atoms with E-state index in [1.807, 2.05) is 6.20 Å². The summed E-state index contributed by atoms with van der Waals surface area (Å²) in [6, 6.07) is 2.13. The van der Waals surface area contributed by atoms with Crippen molar-refractivity contribution >= 4 is 11.3 Å². The number of nitrogens with one attached hydrogen (secondary N) is 1. The van der Waals surface area contributed by atoms with Crippen LogP contribution < -0.4 is 5.73 Å². The van der Waals surface area contributed by atoms with Crippen molar-refractivity contribution in [3.63, 3.8) is 0 Å². The van der Waals surface area contributed by atoms with Crippen molar-refractivity contribution in [2.24, 2.45) is 5.73 Å². The minimum Gasteiger partial charge on any atom is -0.340 e. The fraction of sp³-hybridized carbons (Fsp3) is 0.462. The molecule has 90 valence electrons. The van der Waals surface area contributed by atoms with Crippen LogP contribution in [0.3, 0.4) is 0 Å². The Balaban J connectivity index is 1.96. The molecule has 0 radical (unpaired) electrons. The van der Waals surface area contributed by atoms with E-state index in [1.54, 1.807) is 11.3 Å². The summed E-state index contributed by atoms with van der Waals surface area (Å²) in [6.45, 7) is 2.13. The molecule has 1 fully saturated rings. The zero-order valence-corrected chi connectivity index (χ0v) is 10.8. The van der Waals surface area contributed by atoms with E-state index >= 15 is 0 Å². The van der Waals surface area contributed by atoms with Gasteiger partial charge in [0.25, 0.3) is 0 Å². The van der Waals surface area contributed by atoms with E-state index < -0.39 is 0 Å². The van der Waals surface area contributed by atoms with Gasteiger partial charge in [-0.3, -0.25) is 0 Å². The molecule has 3 rings (SSSR count). The van der Waals surface area contributed by atoms with Gasteiger partial charge in [0.1, 0.15) is 5.82 Å². The summed E-state index contributed by atoms with van der Waals surface area (Å²) in [7, 11) is 0. The lowest BCUT2D eigenvalue weighted by Gasteiger charge is -2.20. The van der Waals surface area contributed by atoms with Gasteiger partial charge in [0, 0.05) is 0 Å². The van der Waals surface area contributed by atoms with Gasteiger partial charge in [0.05, 0.1) is 22.3 Å². The standard InChI is InChI=1S/C13H17N3S/c1-9-4-7-17-11(9)10-8-15-12(16-10)13(14)5-2-3-6-13/h4,7-8H,2-3,5-6,14H2,1H3,(H,15,16). The van der Waals surface area contributed by atoms with Crippen molar-refractivity contribution in [2.75, 3.05) is 0 Å². The molecule has 0 atom stereocenters. The smallest absolute Gasteiger partial charge is 0.126 e. The number of H-pyrrole nitrogens is 1. The molecule has 0 amide bonds. The van der Waals surface area contributed by atoms with Gasteiger partial charge in [-0.1, -0.05) is 12.8 Å². The zero-order valence-electron chi connectivity index (χ0n) is 9.99. The van der Waals surface area contributed by atoms with Crippen LogP contribution in [0.25, 0.3) is 10.6 Å². The lowest BCUT2D eigenvalue weighted by Crippen LogP contribution is -2.34. The van der Waals surface area contributed by atoms with E-state index in [-0.39, 0.29) is 5.54 Å². The summed E-state index contributed by atoms with van der Waals surface area (Å²) < 4.78 is 0. The Morgan fingerprint density at radius 3 is 2.82 bits per heavy atom. The van der Waals surface area contributed by atoms with Gasteiger partial charge in [-0.2, -0.15) is 0 Å². The molecule has 0 aromatic carbocycles. The first-order chi connectivity index (χ1) is 8.19. The van der Waals surface area contributed by atoms with Crippen LogP contribution in [0.4, 0.5) is 0 Å². The van der Waals surface area contributed by atoms with Crippen molar-refractivity contribution in [3.05, 3.63) is 29.0 Å². The first kappa shape index (κ1) is 11.0. The molecule has 1 aliphatic rings. The number of aromatic nitrogens is 2. The Morgan fingerprint density at radius 1 is 1.41 bits per heavy atom. The van der Waals surface area contributed by atoms with Crippen molar-refractivity contribution in [1.29, 1.82) is 0 Å². The third-order valence-electron chi connectivity index (χ3n) is 3.65. The normalized spacial score (nSPS) is 18.7. The fourth-order valence-corrected chi connectivity index (χ4v) is 3.47. The minimum absolute atomic E-state index is 0.219. The maximum atomic E-state index is 6.39. The van der Waals surface area contributed by atoms with Gasteiger partial charge in [-0.15, -0.1) is 11.3 Å². The Bertz CT molecular complexity index is 520. The maximum Gasteiger partial charge on any atom is 0.126 e. The molecule has 4 heteroatoms. The molecular formula is C13H17N3S. The lowest BCUT2D eigenvalue weighted by atomic mass is 9.99. The Morgan fingerprint density at radius 2 is 2.18 bits per heavy atom. The van der Waals surface area contributed by atoms with Gasteiger partial charge < -0.3 is 10.7 Å². The van der Waals surface area contributed by atoms with Crippen LogP contribution >= 0.6 is 11.3 Å². The van der Waals surface area contributed by atoms with E-state index in [0.29, 0.717) is 0 Å². The predicted molar refractivity (Wildman–Crippen MR) is 71.0 cm³/mol. The number of hydrogen-bond acceptors (Lipinski definition) is 3. The molecule has 3 N–H and O–H groups in total. The summed E-state index contributed by atoms with van der Waals surface area (Å²) in [5.74, 6) is 0.956. The maximum absolute atomic E-state index is 6.39. The topological polar surface area (TPSA) is 54.7 Å². The van der Waals surface area contributed by atoms with E-state index in [0.717, 1.165) is 24.4 Å². The second kappa shape index (κ2) is 3.96. The third kappa shape index (κ3) is 1.81. The molecule has 2 heterocycles. The molecule has 0 unspecified atom stereocenters. The van der Waals surface area contributed by atoms with Crippen molar-refractivity contribution in [1.82, 2.24) is 9.97 Å². The first-order valence-electron chi connectivity index (χ1n) is 6.08. The number of imidazole rings is 1. The number of aromatic amines is 1. The van der Waals surface area contributed by atoms with E-state index in [2.05, 4.69) is 28.3 Å². The highest BCUT2D eigenvalue weighted by Crippen LogP contribution is 2.36. The minimum atomic E-state index is -0.219. The second-order valence-electron chi connectivity index (χ2n) is 4.94. The first-order valence-corrected chi connectivity index (χ1v) is 6.96. The number of thiophene rings is 1.